The highest BCUT2D eigenvalue weighted by Crippen LogP contribution is 2.37. The Morgan fingerprint density at radius 2 is 2.22 bits per heavy atom. The Balaban J connectivity index is 2.07. The van der Waals surface area contributed by atoms with Crippen molar-refractivity contribution >= 4 is 21.8 Å². The van der Waals surface area contributed by atoms with Crippen LogP contribution in [-0.4, -0.2) is 11.9 Å². The van der Waals surface area contributed by atoms with Crippen LogP contribution in [0.4, 0.5) is 4.39 Å². The molecule has 0 spiro atoms. The van der Waals surface area contributed by atoms with Crippen molar-refractivity contribution in [2.75, 3.05) is 0 Å². The van der Waals surface area contributed by atoms with Crippen molar-refractivity contribution in [1.29, 1.82) is 0 Å². The van der Waals surface area contributed by atoms with Crippen molar-refractivity contribution in [2.24, 2.45) is 5.41 Å². The van der Waals surface area contributed by atoms with Crippen molar-refractivity contribution in [2.45, 2.75) is 39.2 Å². The lowest BCUT2D eigenvalue weighted by Crippen LogP contribution is -2.34. The molecule has 1 aromatic carbocycles. The number of rotatable bonds is 2. The van der Waals surface area contributed by atoms with E-state index in [0.717, 1.165) is 19.3 Å². The van der Waals surface area contributed by atoms with E-state index in [0.29, 0.717) is 4.47 Å². The van der Waals surface area contributed by atoms with Crippen LogP contribution in [0.3, 0.4) is 0 Å². The van der Waals surface area contributed by atoms with Gasteiger partial charge in [-0.15, -0.1) is 0 Å². The molecule has 1 aliphatic rings. The topological polar surface area (TPSA) is 29.1 Å². The molecule has 1 saturated carbocycles. The first-order chi connectivity index (χ1) is 8.39. The molecule has 0 aliphatic heterocycles. The largest absolute Gasteiger partial charge is 0.349 e. The minimum atomic E-state index is -0.493. The molecule has 2 rings (SSSR count). The molecule has 0 heterocycles. The number of halogens is 2. The monoisotopic (exact) mass is 313 g/mol. The highest BCUT2D eigenvalue weighted by Gasteiger charge is 2.32. The van der Waals surface area contributed by atoms with Crippen LogP contribution in [-0.2, 0) is 0 Å². The predicted molar refractivity (Wildman–Crippen MR) is 73.0 cm³/mol. The summed E-state index contributed by atoms with van der Waals surface area (Å²) in [6, 6.07) is 4.92. The molecule has 1 amide bonds. The molecule has 1 fully saturated rings. The molecule has 0 bridgehead atoms. The summed E-state index contributed by atoms with van der Waals surface area (Å²) in [5.41, 5.74) is 0.377. The summed E-state index contributed by atoms with van der Waals surface area (Å²) < 4.78 is 14.1. The minimum absolute atomic E-state index is 0.106. The van der Waals surface area contributed by atoms with Crippen LogP contribution in [0.1, 0.15) is 43.5 Å². The van der Waals surface area contributed by atoms with Crippen molar-refractivity contribution in [3.63, 3.8) is 0 Å². The quantitative estimate of drug-likeness (QED) is 0.881. The molecule has 1 unspecified atom stereocenters. The fourth-order valence-electron chi connectivity index (χ4n) is 2.50. The van der Waals surface area contributed by atoms with E-state index < -0.39 is 5.82 Å². The third kappa shape index (κ3) is 2.91. The van der Waals surface area contributed by atoms with E-state index in [1.807, 2.05) is 0 Å². The second-order valence-electron chi connectivity index (χ2n) is 5.68. The van der Waals surface area contributed by atoms with Gasteiger partial charge in [-0.1, -0.05) is 19.9 Å². The van der Waals surface area contributed by atoms with Gasteiger partial charge in [0.2, 0.25) is 0 Å². The second-order valence-corrected chi connectivity index (χ2v) is 6.53. The first-order valence-electron chi connectivity index (χ1n) is 6.14. The van der Waals surface area contributed by atoms with Gasteiger partial charge >= 0.3 is 0 Å². The van der Waals surface area contributed by atoms with Gasteiger partial charge in [0, 0.05) is 6.04 Å². The summed E-state index contributed by atoms with van der Waals surface area (Å²) in [5.74, 6) is -0.816. The number of hydrogen-bond donors (Lipinski definition) is 1. The highest BCUT2D eigenvalue weighted by molar-refractivity contribution is 9.10. The Bertz CT molecular complexity index is 473. The van der Waals surface area contributed by atoms with Gasteiger partial charge in [0.25, 0.3) is 5.91 Å². The molecule has 4 heteroatoms. The Morgan fingerprint density at radius 3 is 2.83 bits per heavy atom. The highest BCUT2D eigenvalue weighted by atomic mass is 79.9. The van der Waals surface area contributed by atoms with Crippen molar-refractivity contribution in [3.05, 3.63) is 34.1 Å². The summed E-state index contributed by atoms with van der Waals surface area (Å²) >= 11 is 3.09. The molecule has 0 saturated heterocycles. The molecule has 0 radical (unpaired) electrons. The van der Waals surface area contributed by atoms with Gasteiger partial charge in [-0.2, -0.15) is 0 Å². The van der Waals surface area contributed by atoms with E-state index in [-0.39, 0.29) is 22.9 Å². The number of amides is 1. The molecule has 2 nitrogen and oxygen atoms in total. The third-order valence-corrected chi connectivity index (χ3v) is 4.11. The summed E-state index contributed by atoms with van der Waals surface area (Å²) in [7, 11) is 0. The molecule has 0 aromatic heterocycles. The van der Waals surface area contributed by atoms with Crippen molar-refractivity contribution < 1.29 is 9.18 Å². The van der Waals surface area contributed by atoms with E-state index >= 15 is 0 Å². The summed E-state index contributed by atoms with van der Waals surface area (Å²) in [6.07, 6.45) is 3.02. The van der Waals surface area contributed by atoms with Crippen LogP contribution in [0.2, 0.25) is 0 Å². The number of carbonyl (C=O) groups is 1. The van der Waals surface area contributed by atoms with Gasteiger partial charge in [-0.3, -0.25) is 4.79 Å². The van der Waals surface area contributed by atoms with Gasteiger partial charge in [-0.05, 0) is 52.7 Å². The minimum Gasteiger partial charge on any atom is -0.349 e. The van der Waals surface area contributed by atoms with Crippen LogP contribution in [0.5, 0.6) is 0 Å². The zero-order valence-electron chi connectivity index (χ0n) is 10.6. The van der Waals surface area contributed by atoms with Crippen molar-refractivity contribution in [3.8, 4) is 0 Å². The van der Waals surface area contributed by atoms with E-state index in [9.17, 15) is 9.18 Å². The normalized spacial score (nSPS) is 21.9. The third-order valence-electron chi connectivity index (χ3n) is 3.50. The first kappa shape index (κ1) is 13.5. The van der Waals surface area contributed by atoms with Crippen LogP contribution in [0.15, 0.2) is 22.7 Å². The van der Waals surface area contributed by atoms with Gasteiger partial charge in [0.05, 0.1) is 10.0 Å². The smallest absolute Gasteiger partial charge is 0.254 e. The average molecular weight is 314 g/mol. The standard InChI is InChI=1S/C14H17BrFNO/c1-14(2)7-6-9(8-14)17-13(18)10-4-3-5-11(15)12(10)16/h3-5,9H,6-8H2,1-2H3,(H,17,18). The summed E-state index contributed by atoms with van der Waals surface area (Å²) in [6.45, 7) is 4.39. The zero-order valence-corrected chi connectivity index (χ0v) is 12.2. The predicted octanol–water partition coefficient (Wildman–Crippen LogP) is 3.90. The number of hydrogen-bond acceptors (Lipinski definition) is 1. The van der Waals surface area contributed by atoms with Crippen LogP contribution < -0.4 is 5.32 Å². The van der Waals surface area contributed by atoms with E-state index in [1.165, 1.54) is 6.07 Å². The first-order valence-corrected chi connectivity index (χ1v) is 6.93. The summed E-state index contributed by atoms with van der Waals surface area (Å²) in [4.78, 5) is 12.0. The van der Waals surface area contributed by atoms with Gasteiger partial charge in [0.1, 0.15) is 5.82 Å². The maximum absolute atomic E-state index is 13.8. The summed E-state index contributed by atoms with van der Waals surface area (Å²) in [5, 5.41) is 2.92. The molecular weight excluding hydrogens is 297 g/mol. The maximum Gasteiger partial charge on any atom is 0.254 e. The van der Waals surface area contributed by atoms with Crippen LogP contribution in [0, 0.1) is 11.2 Å². The number of benzene rings is 1. The second kappa shape index (κ2) is 5.00. The molecule has 1 aliphatic carbocycles. The fraction of sp³-hybridized carbons (Fsp3) is 0.500. The van der Waals surface area contributed by atoms with Crippen LogP contribution in [0.25, 0.3) is 0 Å². The SMILES string of the molecule is CC1(C)CCC(NC(=O)c2cccc(Br)c2F)C1. The van der Waals surface area contributed by atoms with E-state index in [2.05, 4.69) is 35.1 Å². The Labute approximate surface area is 115 Å². The lowest BCUT2D eigenvalue weighted by Gasteiger charge is -2.18. The van der Waals surface area contributed by atoms with Crippen LogP contribution >= 0.6 is 15.9 Å². The Morgan fingerprint density at radius 1 is 1.50 bits per heavy atom. The number of nitrogens with one attached hydrogen (secondary N) is 1. The van der Waals surface area contributed by atoms with Gasteiger partial charge < -0.3 is 5.32 Å². The number of carbonyl (C=O) groups excluding carboxylic acids is 1. The van der Waals surface area contributed by atoms with E-state index in [4.69, 9.17) is 0 Å². The molecule has 18 heavy (non-hydrogen) atoms. The molecule has 98 valence electrons. The Hall–Kier alpha value is -0.900. The van der Waals surface area contributed by atoms with Gasteiger partial charge in [0.15, 0.2) is 0 Å². The fourth-order valence-corrected chi connectivity index (χ4v) is 2.87. The molecule has 1 atom stereocenters. The lowest BCUT2D eigenvalue weighted by atomic mass is 9.92. The molecule has 1 aromatic rings. The molecular formula is C14H17BrFNO. The maximum atomic E-state index is 13.8. The zero-order chi connectivity index (χ0) is 13.3. The van der Waals surface area contributed by atoms with Crippen molar-refractivity contribution in [1.82, 2.24) is 5.32 Å². The average Bonchev–Trinajstić information content (AvgIpc) is 2.62. The van der Waals surface area contributed by atoms with E-state index in [1.54, 1.807) is 12.1 Å². The lowest BCUT2D eigenvalue weighted by molar-refractivity contribution is 0.0932. The molecule has 1 N–H and O–H groups in total. The Kier molecular flexibility index (Phi) is 3.76. The van der Waals surface area contributed by atoms with Gasteiger partial charge in [-0.25, -0.2) is 4.39 Å².